The van der Waals surface area contributed by atoms with Crippen LogP contribution in [0.3, 0.4) is 0 Å². The van der Waals surface area contributed by atoms with Crippen LogP contribution in [0.5, 0.6) is 5.75 Å². The number of aryl methyl sites for hydroxylation is 2. The second-order valence-corrected chi connectivity index (χ2v) is 5.82. The molecule has 0 aliphatic heterocycles. The Bertz CT molecular complexity index is 955. The van der Waals surface area contributed by atoms with Crippen molar-refractivity contribution in [1.82, 2.24) is 9.88 Å². The van der Waals surface area contributed by atoms with E-state index < -0.39 is 0 Å². The third-order valence-electron chi connectivity index (χ3n) is 4.17. The monoisotopic (exact) mass is 340 g/mol. The van der Waals surface area contributed by atoms with Crippen molar-refractivity contribution in [3.8, 4) is 5.75 Å². The Labute approximate surface area is 145 Å². The summed E-state index contributed by atoms with van der Waals surface area (Å²) in [6, 6.07) is 13.1. The fourth-order valence-corrected chi connectivity index (χ4v) is 2.72. The lowest BCUT2D eigenvalue weighted by Crippen LogP contribution is -2.23. The van der Waals surface area contributed by atoms with Gasteiger partial charge in [-0.05, 0) is 30.2 Å². The SMILES string of the molecule is COc1ccccc1CNC(=O)CCc1ccc2oc(=O)n(C)c2c1. The fourth-order valence-electron chi connectivity index (χ4n) is 2.72. The minimum absolute atomic E-state index is 0.0351. The van der Waals surface area contributed by atoms with E-state index in [1.165, 1.54) is 4.57 Å². The number of methoxy groups -OCH3 is 1. The molecule has 0 saturated carbocycles. The van der Waals surface area contributed by atoms with E-state index in [4.69, 9.17) is 9.15 Å². The number of oxazole rings is 1. The highest BCUT2D eigenvalue weighted by Crippen LogP contribution is 2.17. The van der Waals surface area contributed by atoms with Crippen LogP contribution >= 0.6 is 0 Å². The van der Waals surface area contributed by atoms with Crippen LogP contribution in [0.4, 0.5) is 0 Å². The van der Waals surface area contributed by atoms with Crippen LogP contribution in [0.1, 0.15) is 17.5 Å². The van der Waals surface area contributed by atoms with Crippen LogP contribution in [0.15, 0.2) is 51.7 Å². The molecule has 0 spiro atoms. The molecule has 6 nitrogen and oxygen atoms in total. The summed E-state index contributed by atoms with van der Waals surface area (Å²) in [5.74, 6) is 0.336. The van der Waals surface area contributed by atoms with Gasteiger partial charge in [-0.2, -0.15) is 0 Å². The van der Waals surface area contributed by atoms with E-state index in [1.54, 1.807) is 20.2 Å². The Kier molecular flexibility index (Phi) is 4.88. The normalized spacial score (nSPS) is 10.8. The molecule has 3 aromatic rings. The molecule has 0 aliphatic rings. The van der Waals surface area contributed by atoms with Crippen molar-refractivity contribution >= 4 is 17.0 Å². The zero-order chi connectivity index (χ0) is 17.8. The number of rotatable bonds is 6. The van der Waals surface area contributed by atoms with Crippen molar-refractivity contribution in [2.45, 2.75) is 19.4 Å². The predicted molar refractivity (Wildman–Crippen MR) is 94.6 cm³/mol. The van der Waals surface area contributed by atoms with Gasteiger partial charge in [0.15, 0.2) is 5.58 Å². The number of ether oxygens (including phenoxy) is 1. The first-order valence-electron chi connectivity index (χ1n) is 8.05. The molecule has 3 rings (SSSR count). The van der Waals surface area contributed by atoms with Gasteiger partial charge < -0.3 is 14.5 Å². The number of carbonyl (C=O) groups is 1. The summed E-state index contributed by atoms with van der Waals surface area (Å²) in [5.41, 5.74) is 3.21. The van der Waals surface area contributed by atoms with Gasteiger partial charge in [-0.3, -0.25) is 9.36 Å². The number of para-hydroxylation sites is 1. The van der Waals surface area contributed by atoms with Crippen LogP contribution in [-0.4, -0.2) is 17.6 Å². The number of fused-ring (bicyclic) bond motifs is 1. The predicted octanol–water partition coefficient (Wildman–Crippen LogP) is 2.39. The maximum Gasteiger partial charge on any atom is 0.419 e. The Morgan fingerprint density at radius 3 is 2.84 bits per heavy atom. The minimum atomic E-state index is -0.387. The Morgan fingerprint density at radius 1 is 1.24 bits per heavy atom. The molecule has 1 aromatic heterocycles. The van der Waals surface area contributed by atoms with Gasteiger partial charge in [0.2, 0.25) is 5.91 Å². The molecule has 0 saturated heterocycles. The number of carbonyl (C=O) groups excluding carboxylic acids is 1. The molecule has 2 aromatic carbocycles. The van der Waals surface area contributed by atoms with Crippen molar-refractivity contribution in [3.05, 3.63) is 64.1 Å². The summed E-state index contributed by atoms with van der Waals surface area (Å²) in [5, 5.41) is 2.90. The molecule has 130 valence electrons. The van der Waals surface area contributed by atoms with Gasteiger partial charge in [-0.15, -0.1) is 0 Å². The molecule has 1 heterocycles. The molecule has 1 amide bonds. The van der Waals surface area contributed by atoms with Crippen LogP contribution in [0.2, 0.25) is 0 Å². The molecular formula is C19H20N2O4. The van der Waals surface area contributed by atoms with Crippen molar-refractivity contribution in [3.63, 3.8) is 0 Å². The van der Waals surface area contributed by atoms with Crippen molar-refractivity contribution in [1.29, 1.82) is 0 Å². The fraction of sp³-hybridized carbons (Fsp3) is 0.263. The largest absolute Gasteiger partial charge is 0.496 e. The zero-order valence-corrected chi connectivity index (χ0v) is 14.2. The molecule has 0 bridgehead atoms. The summed E-state index contributed by atoms with van der Waals surface area (Å²) >= 11 is 0. The van der Waals surface area contributed by atoms with Crippen LogP contribution in [0, 0.1) is 0 Å². The van der Waals surface area contributed by atoms with Gasteiger partial charge in [0.1, 0.15) is 5.75 Å². The highest BCUT2D eigenvalue weighted by Gasteiger charge is 2.09. The number of hydrogen-bond acceptors (Lipinski definition) is 4. The van der Waals surface area contributed by atoms with Crippen LogP contribution in [-0.2, 0) is 24.8 Å². The number of amides is 1. The van der Waals surface area contributed by atoms with Gasteiger partial charge in [-0.25, -0.2) is 4.79 Å². The van der Waals surface area contributed by atoms with E-state index in [1.807, 2.05) is 36.4 Å². The van der Waals surface area contributed by atoms with Gasteiger partial charge in [0.25, 0.3) is 0 Å². The average Bonchev–Trinajstić information content (AvgIpc) is 2.92. The lowest BCUT2D eigenvalue weighted by molar-refractivity contribution is -0.121. The quantitative estimate of drug-likeness (QED) is 0.748. The van der Waals surface area contributed by atoms with Crippen molar-refractivity contribution in [2.24, 2.45) is 7.05 Å². The third-order valence-corrected chi connectivity index (χ3v) is 4.17. The highest BCUT2D eigenvalue weighted by molar-refractivity contribution is 5.77. The third kappa shape index (κ3) is 3.74. The average molecular weight is 340 g/mol. The Morgan fingerprint density at radius 2 is 2.04 bits per heavy atom. The van der Waals surface area contributed by atoms with Crippen molar-refractivity contribution in [2.75, 3.05) is 7.11 Å². The molecule has 0 unspecified atom stereocenters. The number of nitrogens with zero attached hydrogens (tertiary/aromatic N) is 1. The first-order chi connectivity index (χ1) is 12.1. The minimum Gasteiger partial charge on any atom is -0.496 e. The highest BCUT2D eigenvalue weighted by atomic mass is 16.5. The molecule has 0 radical (unpaired) electrons. The molecule has 25 heavy (non-hydrogen) atoms. The summed E-state index contributed by atoms with van der Waals surface area (Å²) in [6.07, 6.45) is 0.958. The summed E-state index contributed by atoms with van der Waals surface area (Å²) in [4.78, 5) is 23.6. The molecule has 0 aliphatic carbocycles. The topological polar surface area (TPSA) is 73.5 Å². The second kappa shape index (κ2) is 7.25. The van der Waals surface area contributed by atoms with Gasteiger partial charge in [0.05, 0.1) is 12.6 Å². The van der Waals surface area contributed by atoms with E-state index >= 15 is 0 Å². The molecule has 0 atom stereocenters. The van der Waals surface area contributed by atoms with Gasteiger partial charge in [-0.1, -0.05) is 24.3 Å². The van der Waals surface area contributed by atoms with E-state index in [9.17, 15) is 9.59 Å². The Hall–Kier alpha value is -3.02. The number of aromatic nitrogens is 1. The molecular weight excluding hydrogens is 320 g/mol. The van der Waals surface area contributed by atoms with Crippen LogP contribution in [0.25, 0.3) is 11.1 Å². The molecule has 6 heteroatoms. The zero-order valence-electron chi connectivity index (χ0n) is 14.2. The van der Waals surface area contributed by atoms with Gasteiger partial charge >= 0.3 is 5.76 Å². The standard InChI is InChI=1S/C19H20N2O4/c1-21-15-11-13(7-9-17(15)25-19(21)23)8-10-18(22)20-12-14-5-3-4-6-16(14)24-2/h3-7,9,11H,8,10,12H2,1-2H3,(H,20,22). The first-order valence-corrected chi connectivity index (χ1v) is 8.05. The molecule has 1 N–H and O–H groups in total. The smallest absolute Gasteiger partial charge is 0.419 e. The second-order valence-electron chi connectivity index (χ2n) is 5.82. The van der Waals surface area contributed by atoms with Crippen molar-refractivity contribution < 1.29 is 13.9 Å². The van der Waals surface area contributed by atoms with Gasteiger partial charge in [0, 0.05) is 25.6 Å². The summed E-state index contributed by atoms with van der Waals surface area (Å²) in [6.45, 7) is 0.429. The first kappa shape index (κ1) is 16.8. The Balaban J connectivity index is 1.59. The maximum absolute atomic E-state index is 12.1. The van der Waals surface area contributed by atoms with E-state index in [0.717, 1.165) is 22.4 Å². The van der Waals surface area contributed by atoms with Crippen LogP contribution < -0.4 is 15.8 Å². The maximum atomic E-state index is 12.1. The lowest BCUT2D eigenvalue weighted by atomic mass is 10.1. The summed E-state index contributed by atoms with van der Waals surface area (Å²) < 4.78 is 11.8. The number of hydrogen-bond donors (Lipinski definition) is 1. The number of benzene rings is 2. The van der Waals surface area contributed by atoms with E-state index in [-0.39, 0.29) is 11.7 Å². The van der Waals surface area contributed by atoms with E-state index in [2.05, 4.69) is 5.32 Å². The van der Waals surface area contributed by atoms with E-state index in [0.29, 0.717) is 25.0 Å². The lowest BCUT2D eigenvalue weighted by Gasteiger charge is -2.09. The summed E-state index contributed by atoms with van der Waals surface area (Å²) in [7, 11) is 3.28. The number of nitrogens with one attached hydrogen (secondary N) is 1. The molecule has 0 fully saturated rings.